The summed E-state index contributed by atoms with van der Waals surface area (Å²) in [4.78, 5) is 31.3. The first-order valence-electron chi connectivity index (χ1n) is 11.6. The summed E-state index contributed by atoms with van der Waals surface area (Å²) in [6.07, 6.45) is 0.189. The van der Waals surface area contributed by atoms with E-state index in [4.69, 9.17) is 4.74 Å². The summed E-state index contributed by atoms with van der Waals surface area (Å²) in [5.41, 5.74) is 1.08. The van der Waals surface area contributed by atoms with Crippen LogP contribution in [0.15, 0.2) is 42.5 Å². The fraction of sp³-hybridized carbons (Fsp3) is 0.375. The lowest BCUT2D eigenvalue weighted by atomic mass is 10.1. The number of carbonyl (C=O) groups excluding carboxylic acids is 2. The second-order valence-corrected chi connectivity index (χ2v) is 8.81. The minimum absolute atomic E-state index is 0.0226. The molecule has 0 bridgehead atoms. The van der Waals surface area contributed by atoms with E-state index in [0.717, 1.165) is 17.8 Å². The van der Waals surface area contributed by atoms with E-state index in [1.54, 1.807) is 29.0 Å². The standard InChI is InChI=1S/C24H25F2N7O3/c1-36-19-5-2-17(3-6-19)32-14-16(12-23(32)34)24(35)31-10-8-30(9-11-31)15-22-27-28-29-33(22)18-4-7-20(25)21(26)13-18/h2-7,13,16H,8-12,14-15H2,1H3. The van der Waals surface area contributed by atoms with Crippen LogP contribution in [0.2, 0.25) is 0 Å². The van der Waals surface area contributed by atoms with Crippen LogP contribution >= 0.6 is 0 Å². The third-order valence-corrected chi connectivity index (χ3v) is 6.59. The highest BCUT2D eigenvalue weighted by Gasteiger charge is 2.38. The number of methoxy groups -OCH3 is 1. The summed E-state index contributed by atoms with van der Waals surface area (Å²) in [5, 5.41) is 11.6. The van der Waals surface area contributed by atoms with Crippen molar-refractivity contribution in [1.29, 1.82) is 0 Å². The van der Waals surface area contributed by atoms with Gasteiger partial charge in [-0.05, 0) is 46.8 Å². The van der Waals surface area contributed by atoms with Gasteiger partial charge in [0, 0.05) is 50.9 Å². The Morgan fingerprint density at radius 2 is 1.75 bits per heavy atom. The minimum Gasteiger partial charge on any atom is -0.497 e. The number of hydrogen-bond acceptors (Lipinski definition) is 7. The van der Waals surface area contributed by atoms with Crippen LogP contribution in [-0.2, 0) is 16.1 Å². The van der Waals surface area contributed by atoms with Gasteiger partial charge in [0.05, 0.1) is 25.3 Å². The van der Waals surface area contributed by atoms with Crippen molar-refractivity contribution in [1.82, 2.24) is 30.0 Å². The van der Waals surface area contributed by atoms with Gasteiger partial charge >= 0.3 is 0 Å². The van der Waals surface area contributed by atoms with E-state index in [9.17, 15) is 18.4 Å². The number of piperazine rings is 1. The second-order valence-electron chi connectivity index (χ2n) is 8.81. The Balaban J connectivity index is 1.17. The predicted octanol–water partition coefficient (Wildman–Crippen LogP) is 1.65. The Hall–Kier alpha value is -3.93. The second kappa shape index (κ2) is 9.97. The Bertz CT molecular complexity index is 1260. The van der Waals surface area contributed by atoms with E-state index >= 15 is 0 Å². The van der Waals surface area contributed by atoms with E-state index in [0.29, 0.717) is 56.5 Å². The summed E-state index contributed by atoms with van der Waals surface area (Å²) in [6, 6.07) is 10.7. The van der Waals surface area contributed by atoms with Crippen molar-refractivity contribution >= 4 is 17.5 Å². The van der Waals surface area contributed by atoms with Crippen molar-refractivity contribution in [3.05, 3.63) is 59.9 Å². The lowest BCUT2D eigenvalue weighted by Gasteiger charge is -2.35. The molecule has 0 aliphatic carbocycles. The van der Waals surface area contributed by atoms with Gasteiger partial charge in [0.1, 0.15) is 5.75 Å². The van der Waals surface area contributed by atoms with Crippen LogP contribution in [0.4, 0.5) is 14.5 Å². The van der Waals surface area contributed by atoms with Gasteiger partial charge in [-0.25, -0.2) is 8.78 Å². The number of tetrazole rings is 1. The fourth-order valence-corrected chi connectivity index (χ4v) is 4.59. The number of halogens is 2. The van der Waals surface area contributed by atoms with E-state index in [1.807, 2.05) is 12.1 Å². The maximum absolute atomic E-state index is 13.7. The Kier molecular flexibility index (Phi) is 6.59. The number of rotatable bonds is 6. The molecule has 3 aromatic rings. The largest absolute Gasteiger partial charge is 0.497 e. The summed E-state index contributed by atoms with van der Waals surface area (Å²) < 4.78 is 33.5. The molecule has 5 rings (SSSR count). The third kappa shape index (κ3) is 4.76. The van der Waals surface area contributed by atoms with Gasteiger partial charge < -0.3 is 14.5 Å². The molecular weight excluding hydrogens is 472 g/mol. The molecule has 0 radical (unpaired) electrons. The highest BCUT2D eigenvalue weighted by Crippen LogP contribution is 2.28. The zero-order valence-electron chi connectivity index (χ0n) is 19.7. The van der Waals surface area contributed by atoms with Gasteiger partial charge in [-0.2, -0.15) is 4.68 Å². The molecule has 36 heavy (non-hydrogen) atoms. The topological polar surface area (TPSA) is 96.7 Å². The highest BCUT2D eigenvalue weighted by atomic mass is 19.2. The number of amides is 2. The molecule has 2 aromatic carbocycles. The van der Waals surface area contributed by atoms with Gasteiger partial charge in [-0.3, -0.25) is 14.5 Å². The normalized spacial score (nSPS) is 18.6. The molecule has 2 fully saturated rings. The minimum atomic E-state index is -0.975. The molecule has 1 atom stereocenters. The van der Waals surface area contributed by atoms with Crippen molar-refractivity contribution in [3.8, 4) is 11.4 Å². The van der Waals surface area contributed by atoms with Crippen molar-refractivity contribution in [2.24, 2.45) is 5.92 Å². The van der Waals surface area contributed by atoms with Crippen LogP contribution in [0, 0.1) is 17.6 Å². The molecule has 2 aliphatic heterocycles. The number of ether oxygens (including phenoxy) is 1. The van der Waals surface area contributed by atoms with E-state index in [1.165, 1.54) is 10.7 Å². The van der Waals surface area contributed by atoms with E-state index in [-0.39, 0.29) is 24.2 Å². The van der Waals surface area contributed by atoms with Gasteiger partial charge in [0.2, 0.25) is 11.8 Å². The molecule has 10 nitrogen and oxygen atoms in total. The van der Waals surface area contributed by atoms with Gasteiger partial charge in [0.25, 0.3) is 0 Å². The summed E-state index contributed by atoms with van der Waals surface area (Å²) in [5.74, 6) is -1.20. The van der Waals surface area contributed by atoms with Crippen LogP contribution < -0.4 is 9.64 Å². The molecule has 2 saturated heterocycles. The molecule has 12 heteroatoms. The molecule has 3 heterocycles. The molecule has 2 aliphatic rings. The SMILES string of the molecule is COc1ccc(N2CC(C(=O)N3CCN(Cc4nnnn4-c4ccc(F)c(F)c4)CC3)CC2=O)cc1. The van der Waals surface area contributed by atoms with E-state index in [2.05, 4.69) is 20.4 Å². The lowest BCUT2D eigenvalue weighted by Crippen LogP contribution is -2.50. The molecule has 188 valence electrons. The molecule has 2 amide bonds. The van der Waals surface area contributed by atoms with Crippen molar-refractivity contribution in [2.75, 3.05) is 44.7 Å². The Labute approximate surface area is 206 Å². The number of hydrogen-bond donors (Lipinski definition) is 0. The molecule has 0 spiro atoms. The third-order valence-electron chi connectivity index (χ3n) is 6.59. The van der Waals surface area contributed by atoms with Crippen LogP contribution in [-0.4, -0.2) is 81.7 Å². The summed E-state index contributed by atoms with van der Waals surface area (Å²) in [7, 11) is 1.58. The molecular formula is C24H25F2N7O3. The summed E-state index contributed by atoms with van der Waals surface area (Å²) in [6.45, 7) is 2.96. The van der Waals surface area contributed by atoms with Crippen LogP contribution in [0.3, 0.4) is 0 Å². The zero-order valence-corrected chi connectivity index (χ0v) is 19.7. The quantitative estimate of drug-likeness (QED) is 0.511. The molecule has 0 saturated carbocycles. The predicted molar refractivity (Wildman–Crippen MR) is 124 cm³/mol. The van der Waals surface area contributed by atoms with Gasteiger partial charge in [0.15, 0.2) is 17.5 Å². The number of carbonyl (C=O) groups is 2. The first kappa shape index (κ1) is 23.8. The van der Waals surface area contributed by atoms with Crippen molar-refractivity contribution in [3.63, 3.8) is 0 Å². The van der Waals surface area contributed by atoms with Gasteiger partial charge in [-0.1, -0.05) is 0 Å². The zero-order chi connectivity index (χ0) is 25.2. The number of anilines is 1. The Morgan fingerprint density at radius 3 is 2.44 bits per heavy atom. The summed E-state index contributed by atoms with van der Waals surface area (Å²) >= 11 is 0. The first-order valence-corrected chi connectivity index (χ1v) is 11.6. The molecule has 0 N–H and O–H groups in total. The van der Waals surface area contributed by atoms with Crippen LogP contribution in [0.1, 0.15) is 12.2 Å². The van der Waals surface area contributed by atoms with Crippen LogP contribution in [0.5, 0.6) is 5.75 Å². The fourth-order valence-electron chi connectivity index (χ4n) is 4.59. The van der Waals surface area contributed by atoms with Crippen molar-refractivity contribution in [2.45, 2.75) is 13.0 Å². The first-order chi connectivity index (χ1) is 17.4. The average Bonchev–Trinajstić information content (AvgIpc) is 3.52. The monoisotopic (exact) mass is 497 g/mol. The van der Waals surface area contributed by atoms with Gasteiger partial charge in [-0.15, -0.1) is 5.10 Å². The Morgan fingerprint density at radius 1 is 1.03 bits per heavy atom. The van der Waals surface area contributed by atoms with Crippen LogP contribution in [0.25, 0.3) is 5.69 Å². The maximum Gasteiger partial charge on any atom is 0.228 e. The molecule has 1 aromatic heterocycles. The number of benzene rings is 2. The lowest BCUT2D eigenvalue weighted by molar-refractivity contribution is -0.137. The number of aromatic nitrogens is 4. The molecule has 1 unspecified atom stereocenters. The average molecular weight is 498 g/mol. The number of nitrogens with zero attached hydrogens (tertiary/aromatic N) is 7. The van der Waals surface area contributed by atoms with E-state index < -0.39 is 11.6 Å². The van der Waals surface area contributed by atoms with Crippen molar-refractivity contribution < 1.29 is 23.1 Å². The maximum atomic E-state index is 13.7. The highest BCUT2D eigenvalue weighted by molar-refractivity contribution is 6.00. The smallest absolute Gasteiger partial charge is 0.228 e.